The van der Waals surface area contributed by atoms with Crippen molar-refractivity contribution >= 4 is 23.7 Å². The third kappa shape index (κ3) is 4.35. The maximum absolute atomic E-state index is 11.9. The first kappa shape index (κ1) is 19.1. The lowest BCUT2D eigenvalue weighted by Gasteiger charge is -2.09. The molecule has 28 heavy (non-hydrogen) atoms. The Morgan fingerprint density at radius 2 is 1.61 bits per heavy atom. The average Bonchev–Trinajstić information content (AvgIpc) is 2.97. The minimum absolute atomic E-state index is 0.557. The fourth-order valence-corrected chi connectivity index (χ4v) is 2.93. The Bertz CT molecular complexity index is 1020. The number of hydrogen-bond donors (Lipinski definition) is 2. The third-order valence-electron chi connectivity index (χ3n) is 4.37. The van der Waals surface area contributed by atoms with Gasteiger partial charge in [-0.2, -0.15) is 5.10 Å². The Morgan fingerprint density at radius 3 is 2.29 bits per heavy atom. The number of anilines is 1. The zero-order chi connectivity index (χ0) is 20.1. The van der Waals surface area contributed by atoms with Gasteiger partial charge in [0.25, 0.3) is 0 Å². The van der Waals surface area contributed by atoms with Gasteiger partial charge in [0.1, 0.15) is 0 Å². The molecule has 142 valence electrons. The topological polar surface area (TPSA) is 75.5 Å². The highest BCUT2D eigenvalue weighted by Gasteiger charge is 2.13. The van der Waals surface area contributed by atoms with Crippen molar-refractivity contribution in [2.75, 3.05) is 5.32 Å². The molecule has 3 rings (SSSR count). The van der Waals surface area contributed by atoms with Crippen molar-refractivity contribution in [2.45, 2.75) is 20.8 Å². The zero-order valence-electron chi connectivity index (χ0n) is 16.1. The number of amides is 2. The smallest absolute Gasteiger partial charge is 0.318 e. The molecule has 0 aliphatic rings. The third-order valence-corrected chi connectivity index (χ3v) is 4.37. The van der Waals surface area contributed by atoms with Crippen LogP contribution in [-0.4, -0.2) is 22.6 Å². The first-order valence-electron chi connectivity index (χ1n) is 8.91. The van der Waals surface area contributed by atoms with E-state index in [2.05, 4.69) is 20.4 Å². The molecular formula is C22H22N4O2. The van der Waals surface area contributed by atoms with E-state index in [1.807, 2.05) is 69.3 Å². The second-order valence-electron chi connectivity index (χ2n) is 6.52. The summed E-state index contributed by atoms with van der Waals surface area (Å²) in [6, 6.07) is 19.1. The molecule has 1 heterocycles. The van der Waals surface area contributed by atoms with Crippen LogP contribution in [0, 0.1) is 20.8 Å². The standard InChI is InChI=1S/C22H22N4O2/c1-15-9-11-19(12-10-15)24-21(27)22(28)25-23-14-18-13-16(2)26(17(18)3)20-7-5-4-6-8-20/h4-14H,1-3H3,(H,24,27)(H,25,28)/b23-14+. The minimum Gasteiger partial charge on any atom is -0.318 e. The van der Waals surface area contributed by atoms with Crippen molar-refractivity contribution < 1.29 is 9.59 Å². The van der Waals surface area contributed by atoms with Gasteiger partial charge in [-0.25, -0.2) is 5.43 Å². The molecule has 6 nitrogen and oxygen atoms in total. The molecule has 0 radical (unpaired) electrons. The lowest BCUT2D eigenvalue weighted by molar-refractivity contribution is -0.136. The molecule has 1 aromatic heterocycles. The van der Waals surface area contributed by atoms with Gasteiger partial charge in [-0.3, -0.25) is 9.59 Å². The van der Waals surface area contributed by atoms with Crippen LogP contribution in [0.15, 0.2) is 65.8 Å². The summed E-state index contributed by atoms with van der Waals surface area (Å²) in [5.74, 6) is -1.59. The Morgan fingerprint density at radius 1 is 0.929 bits per heavy atom. The molecule has 3 aromatic rings. The molecule has 0 fully saturated rings. The van der Waals surface area contributed by atoms with Gasteiger partial charge in [-0.05, 0) is 51.1 Å². The van der Waals surface area contributed by atoms with Crippen LogP contribution < -0.4 is 10.7 Å². The molecule has 0 saturated carbocycles. The van der Waals surface area contributed by atoms with Gasteiger partial charge >= 0.3 is 11.8 Å². The molecule has 0 aliphatic heterocycles. The van der Waals surface area contributed by atoms with Crippen LogP contribution >= 0.6 is 0 Å². The van der Waals surface area contributed by atoms with Crippen molar-refractivity contribution in [3.63, 3.8) is 0 Å². The SMILES string of the molecule is Cc1ccc(NC(=O)C(=O)N/N=C/c2cc(C)n(-c3ccccc3)c2C)cc1. The quantitative estimate of drug-likeness (QED) is 0.417. The van der Waals surface area contributed by atoms with Gasteiger partial charge in [0.15, 0.2) is 0 Å². The largest absolute Gasteiger partial charge is 0.329 e. The molecule has 0 aliphatic carbocycles. The van der Waals surface area contributed by atoms with Crippen LogP contribution in [0.5, 0.6) is 0 Å². The highest BCUT2D eigenvalue weighted by Crippen LogP contribution is 2.19. The fraction of sp³-hybridized carbons (Fsp3) is 0.136. The van der Waals surface area contributed by atoms with E-state index in [-0.39, 0.29) is 0 Å². The number of hydrazone groups is 1. The maximum Gasteiger partial charge on any atom is 0.329 e. The fourth-order valence-electron chi connectivity index (χ4n) is 2.93. The minimum atomic E-state index is -0.825. The highest BCUT2D eigenvalue weighted by molar-refractivity contribution is 6.39. The lowest BCUT2D eigenvalue weighted by atomic mass is 10.2. The van der Waals surface area contributed by atoms with Crippen LogP contribution in [0.1, 0.15) is 22.5 Å². The summed E-state index contributed by atoms with van der Waals surface area (Å²) in [5, 5.41) is 6.46. The van der Waals surface area contributed by atoms with E-state index < -0.39 is 11.8 Å². The molecule has 2 aromatic carbocycles. The number of carbonyl (C=O) groups excluding carboxylic acids is 2. The number of nitrogens with one attached hydrogen (secondary N) is 2. The number of para-hydroxylation sites is 1. The predicted molar refractivity (Wildman–Crippen MR) is 111 cm³/mol. The number of hydrogen-bond acceptors (Lipinski definition) is 3. The van der Waals surface area contributed by atoms with Crippen LogP contribution in [0.2, 0.25) is 0 Å². The molecule has 2 N–H and O–H groups in total. The number of aromatic nitrogens is 1. The maximum atomic E-state index is 11.9. The second kappa shape index (κ2) is 8.35. The van der Waals surface area contributed by atoms with Crippen LogP contribution in [0.4, 0.5) is 5.69 Å². The van der Waals surface area contributed by atoms with Gasteiger partial charge in [0.2, 0.25) is 0 Å². The van der Waals surface area contributed by atoms with Crippen molar-refractivity contribution in [3.8, 4) is 5.69 Å². The van der Waals surface area contributed by atoms with Gasteiger partial charge in [-0.15, -0.1) is 0 Å². The average molecular weight is 374 g/mol. The van der Waals surface area contributed by atoms with Crippen LogP contribution in [-0.2, 0) is 9.59 Å². The molecule has 0 atom stereocenters. The summed E-state index contributed by atoms with van der Waals surface area (Å²) in [4.78, 5) is 23.9. The van der Waals surface area contributed by atoms with Crippen molar-refractivity contribution in [1.82, 2.24) is 9.99 Å². The van der Waals surface area contributed by atoms with E-state index in [4.69, 9.17) is 0 Å². The second-order valence-corrected chi connectivity index (χ2v) is 6.52. The van der Waals surface area contributed by atoms with E-state index in [1.165, 1.54) is 0 Å². The summed E-state index contributed by atoms with van der Waals surface area (Å²) in [6.45, 7) is 5.93. The highest BCUT2D eigenvalue weighted by atomic mass is 16.2. The molecular weight excluding hydrogens is 352 g/mol. The summed E-state index contributed by atoms with van der Waals surface area (Å²) in [7, 11) is 0. The Hall–Kier alpha value is -3.67. The molecule has 0 saturated heterocycles. The number of nitrogens with zero attached hydrogens (tertiary/aromatic N) is 2. The summed E-state index contributed by atoms with van der Waals surface area (Å²) in [6.07, 6.45) is 1.54. The van der Waals surface area contributed by atoms with E-state index in [1.54, 1.807) is 18.3 Å². The molecule has 0 spiro atoms. The van der Waals surface area contributed by atoms with E-state index in [0.717, 1.165) is 28.2 Å². The normalized spacial score (nSPS) is 10.8. The number of benzene rings is 2. The van der Waals surface area contributed by atoms with Crippen molar-refractivity contribution in [1.29, 1.82) is 0 Å². The molecule has 6 heteroatoms. The van der Waals surface area contributed by atoms with Gasteiger partial charge in [0, 0.05) is 28.3 Å². The van der Waals surface area contributed by atoms with Crippen molar-refractivity contribution in [2.24, 2.45) is 5.10 Å². The van der Waals surface area contributed by atoms with Gasteiger partial charge in [-0.1, -0.05) is 35.9 Å². The molecule has 2 amide bonds. The number of aryl methyl sites for hydroxylation is 2. The zero-order valence-corrected chi connectivity index (χ0v) is 16.1. The Labute approximate surface area is 163 Å². The monoisotopic (exact) mass is 374 g/mol. The van der Waals surface area contributed by atoms with E-state index in [0.29, 0.717) is 5.69 Å². The molecule has 0 bridgehead atoms. The number of carbonyl (C=O) groups is 2. The van der Waals surface area contributed by atoms with Gasteiger partial charge < -0.3 is 9.88 Å². The summed E-state index contributed by atoms with van der Waals surface area (Å²) < 4.78 is 2.10. The Balaban J connectivity index is 1.65. The van der Waals surface area contributed by atoms with Crippen LogP contribution in [0.25, 0.3) is 5.69 Å². The summed E-state index contributed by atoms with van der Waals surface area (Å²) in [5.41, 5.74) is 7.85. The van der Waals surface area contributed by atoms with E-state index >= 15 is 0 Å². The predicted octanol–water partition coefficient (Wildman–Crippen LogP) is 3.49. The van der Waals surface area contributed by atoms with Gasteiger partial charge in [0.05, 0.1) is 6.21 Å². The summed E-state index contributed by atoms with van der Waals surface area (Å²) >= 11 is 0. The van der Waals surface area contributed by atoms with E-state index in [9.17, 15) is 9.59 Å². The Kier molecular flexibility index (Phi) is 5.69. The first-order chi connectivity index (χ1) is 13.5. The molecule has 0 unspecified atom stereocenters. The first-order valence-corrected chi connectivity index (χ1v) is 8.91. The van der Waals surface area contributed by atoms with Crippen molar-refractivity contribution in [3.05, 3.63) is 83.2 Å². The number of rotatable bonds is 4. The van der Waals surface area contributed by atoms with Crippen LogP contribution in [0.3, 0.4) is 0 Å². The lowest BCUT2D eigenvalue weighted by Crippen LogP contribution is -2.32.